The van der Waals surface area contributed by atoms with Crippen LogP contribution in [0.3, 0.4) is 0 Å². The first kappa shape index (κ1) is 18.3. The third-order valence-corrected chi connectivity index (χ3v) is 4.29. The highest BCUT2D eigenvalue weighted by Gasteiger charge is 2.15. The molecule has 1 aromatic carbocycles. The fraction of sp³-hybridized carbons (Fsp3) is 0.471. The number of benzene rings is 1. The molecule has 2 aromatic rings. The van der Waals surface area contributed by atoms with Crippen LogP contribution in [-0.2, 0) is 18.4 Å². The van der Waals surface area contributed by atoms with Crippen molar-refractivity contribution in [2.75, 3.05) is 11.1 Å². The Kier molecular flexibility index (Phi) is 5.88. The van der Waals surface area contributed by atoms with Crippen molar-refractivity contribution >= 4 is 23.4 Å². The van der Waals surface area contributed by atoms with E-state index in [4.69, 9.17) is 0 Å². The molecule has 2 N–H and O–H groups in total. The number of aryl methyl sites for hydroxylation is 1. The summed E-state index contributed by atoms with van der Waals surface area (Å²) in [5.41, 5.74) is 2.05. The predicted octanol–water partition coefficient (Wildman–Crippen LogP) is 2.74. The van der Waals surface area contributed by atoms with Gasteiger partial charge >= 0.3 is 0 Å². The standard InChI is InChI=1S/C17H25N5OS/c1-12-6-8-13(9-7-12)18-10-14-20-21-16(22(14)5)24-11-15(23)19-17(2,3)4/h6-9,18H,10-11H2,1-5H3,(H,19,23). The molecule has 0 saturated heterocycles. The summed E-state index contributed by atoms with van der Waals surface area (Å²) in [6.45, 7) is 8.54. The van der Waals surface area contributed by atoms with Crippen molar-refractivity contribution in [3.05, 3.63) is 35.7 Å². The van der Waals surface area contributed by atoms with E-state index in [0.29, 0.717) is 12.3 Å². The molecule has 0 atom stereocenters. The Balaban J connectivity index is 1.88. The van der Waals surface area contributed by atoms with E-state index >= 15 is 0 Å². The lowest BCUT2D eigenvalue weighted by molar-refractivity contribution is -0.119. The van der Waals surface area contributed by atoms with Gasteiger partial charge in [0, 0.05) is 18.3 Å². The average Bonchev–Trinajstić information content (AvgIpc) is 2.83. The molecule has 1 heterocycles. The summed E-state index contributed by atoms with van der Waals surface area (Å²) in [6, 6.07) is 8.21. The van der Waals surface area contributed by atoms with E-state index in [-0.39, 0.29) is 11.4 Å². The molecule has 130 valence electrons. The molecule has 0 aliphatic carbocycles. The van der Waals surface area contributed by atoms with Crippen LogP contribution in [0.4, 0.5) is 5.69 Å². The van der Waals surface area contributed by atoms with Crippen LogP contribution < -0.4 is 10.6 Å². The minimum Gasteiger partial charge on any atom is -0.378 e. The number of nitrogens with zero attached hydrogens (tertiary/aromatic N) is 3. The molecule has 0 spiro atoms. The summed E-state index contributed by atoms with van der Waals surface area (Å²) in [7, 11) is 1.91. The minimum absolute atomic E-state index is 0.00479. The highest BCUT2D eigenvalue weighted by atomic mass is 32.2. The van der Waals surface area contributed by atoms with E-state index in [1.165, 1.54) is 17.3 Å². The molecule has 0 aliphatic rings. The van der Waals surface area contributed by atoms with Crippen LogP contribution >= 0.6 is 11.8 Å². The third kappa shape index (κ3) is 5.56. The SMILES string of the molecule is Cc1ccc(NCc2nnc(SCC(=O)NC(C)(C)C)n2C)cc1. The van der Waals surface area contributed by atoms with E-state index < -0.39 is 0 Å². The summed E-state index contributed by atoms with van der Waals surface area (Å²) in [6.07, 6.45) is 0. The minimum atomic E-state index is -0.222. The molecule has 7 heteroatoms. The van der Waals surface area contributed by atoms with E-state index in [9.17, 15) is 4.79 Å². The maximum absolute atomic E-state index is 11.9. The van der Waals surface area contributed by atoms with E-state index in [1.807, 2.05) is 44.5 Å². The first-order valence-corrected chi connectivity index (χ1v) is 8.86. The van der Waals surface area contributed by atoms with Crippen molar-refractivity contribution in [1.82, 2.24) is 20.1 Å². The first-order chi connectivity index (χ1) is 11.2. The third-order valence-electron chi connectivity index (χ3n) is 3.27. The molecule has 1 aromatic heterocycles. The summed E-state index contributed by atoms with van der Waals surface area (Å²) in [4.78, 5) is 11.9. The zero-order valence-corrected chi connectivity index (χ0v) is 15.7. The topological polar surface area (TPSA) is 71.8 Å². The van der Waals surface area contributed by atoms with Gasteiger partial charge in [-0.3, -0.25) is 4.79 Å². The molecule has 24 heavy (non-hydrogen) atoms. The van der Waals surface area contributed by atoms with E-state index in [2.05, 4.69) is 39.9 Å². The summed E-state index contributed by atoms with van der Waals surface area (Å²) < 4.78 is 1.91. The Morgan fingerprint density at radius 2 is 1.88 bits per heavy atom. The van der Waals surface area contributed by atoms with Gasteiger partial charge in [-0.15, -0.1) is 10.2 Å². The highest BCUT2D eigenvalue weighted by Crippen LogP contribution is 2.17. The Labute approximate surface area is 147 Å². The fourth-order valence-electron chi connectivity index (χ4n) is 2.06. The highest BCUT2D eigenvalue weighted by molar-refractivity contribution is 7.99. The van der Waals surface area contributed by atoms with Gasteiger partial charge in [0.05, 0.1) is 12.3 Å². The second-order valence-corrected chi connectivity index (χ2v) is 7.71. The van der Waals surface area contributed by atoms with Crippen molar-refractivity contribution < 1.29 is 4.79 Å². The molecule has 0 aliphatic heterocycles. The number of carbonyl (C=O) groups excluding carboxylic acids is 1. The quantitative estimate of drug-likeness (QED) is 0.786. The van der Waals surface area contributed by atoms with Crippen molar-refractivity contribution in [3.8, 4) is 0 Å². The number of carbonyl (C=O) groups is 1. The van der Waals surface area contributed by atoms with Gasteiger partial charge in [-0.2, -0.15) is 0 Å². The second-order valence-electron chi connectivity index (χ2n) is 6.76. The Hall–Kier alpha value is -2.02. The molecular weight excluding hydrogens is 322 g/mol. The normalized spacial score (nSPS) is 11.4. The zero-order chi connectivity index (χ0) is 17.7. The number of thioether (sulfide) groups is 1. The maximum Gasteiger partial charge on any atom is 0.230 e. The lowest BCUT2D eigenvalue weighted by atomic mass is 10.1. The van der Waals surface area contributed by atoms with Gasteiger partial charge in [-0.05, 0) is 39.8 Å². The van der Waals surface area contributed by atoms with E-state index in [0.717, 1.165) is 16.7 Å². The summed E-state index contributed by atoms with van der Waals surface area (Å²) in [5.74, 6) is 1.15. The van der Waals surface area contributed by atoms with Gasteiger partial charge in [0.25, 0.3) is 0 Å². The van der Waals surface area contributed by atoms with Crippen LogP contribution in [-0.4, -0.2) is 32.0 Å². The van der Waals surface area contributed by atoms with Gasteiger partial charge in [0.2, 0.25) is 5.91 Å². The number of nitrogens with one attached hydrogen (secondary N) is 2. The predicted molar refractivity (Wildman–Crippen MR) is 98.1 cm³/mol. The number of hydrogen-bond acceptors (Lipinski definition) is 5. The van der Waals surface area contributed by atoms with Crippen LogP contribution in [0.25, 0.3) is 0 Å². The molecule has 0 radical (unpaired) electrons. The van der Waals surface area contributed by atoms with E-state index in [1.54, 1.807) is 0 Å². The van der Waals surface area contributed by atoms with Gasteiger partial charge in [0.15, 0.2) is 11.0 Å². The Morgan fingerprint density at radius 1 is 1.21 bits per heavy atom. The van der Waals surface area contributed by atoms with Crippen LogP contribution in [0.2, 0.25) is 0 Å². The molecule has 0 unspecified atom stereocenters. The van der Waals surface area contributed by atoms with Crippen LogP contribution in [0.1, 0.15) is 32.2 Å². The van der Waals surface area contributed by atoms with Crippen LogP contribution in [0.5, 0.6) is 0 Å². The molecular formula is C17H25N5OS. The number of rotatable bonds is 6. The molecule has 0 bridgehead atoms. The van der Waals surface area contributed by atoms with Crippen molar-refractivity contribution in [3.63, 3.8) is 0 Å². The number of amides is 1. The Morgan fingerprint density at radius 3 is 2.50 bits per heavy atom. The lowest BCUT2D eigenvalue weighted by Crippen LogP contribution is -2.41. The van der Waals surface area contributed by atoms with Crippen LogP contribution in [0.15, 0.2) is 29.4 Å². The van der Waals surface area contributed by atoms with Crippen molar-refractivity contribution in [2.45, 2.75) is 44.9 Å². The summed E-state index contributed by atoms with van der Waals surface area (Å²) >= 11 is 1.39. The van der Waals surface area contributed by atoms with Crippen molar-refractivity contribution in [2.24, 2.45) is 7.05 Å². The monoisotopic (exact) mass is 347 g/mol. The smallest absolute Gasteiger partial charge is 0.230 e. The number of hydrogen-bond donors (Lipinski definition) is 2. The fourth-order valence-corrected chi connectivity index (χ4v) is 2.79. The molecule has 2 rings (SSSR count). The zero-order valence-electron chi connectivity index (χ0n) is 14.9. The largest absolute Gasteiger partial charge is 0.378 e. The number of anilines is 1. The molecule has 0 fully saturated rings. The number of aromatic nitrogens is 3. The first-order valence-electron chi connectivity index (χ1n) is 7.87. The molecule has 0 saturated carbocycles. The Bertz CT molecular complexity index is 688. The van der Waals surface area contributed by atoms with Gasteiger partial charge in [-0.1, -0.05) is 29.5 Å². The molecule has 6 nitrogen and oxygen atoms in total. The second kappa shape index (κ2) is 7.70. The molecule has 1 amide bonds. The van der Waals surface area contributed by atoms with Gasteiger partial charge < -0.3 is 15.2 Å². The lowest BCUT2D eigenvalue weighted by Gasteiger charge is -2.20. The van der Waals surface area contributed by atoms with Gasteiger partial charge in [0.1, 0.15) is 0 Å². The average molecular weight is 347 g/mol. The van der Waals surface area contributed by atoms with Crippen molar-refractivity contribution in [1.29, 1.82) is 0 Å². The summed E-state index contributed by atoms with van der Waals surface area (Å²) in [5, 5.41) is 15.4. The maximum atomic E-state index is 11.9. The van der Waals surface area contributed by atoms with Gasteiger partial charge in [-0.25, -0.2) is 0 Å². The van der Waals surface area contributed by atoms with Crippen LogP contribution in [0, 0.1) is 6.92 Å².